The Morgan fingerprint density at radius 1 is 1.25 bits per heavy atom. The summed E-state index contributed by atoms with van der Waals surface area (Å²) in [5.74, 6) is 2.47. The van der Waals surface area contributed by atoms with Crippen LogP contribution < -0.4 is 16.0 Å². The molecule has 2 rings (SSSR count). The number of nitrogens with one attached hydrogen (secondary N) is 3. The summed E-state index contributed by atoms with van der Waals surface area (Å²) in [6, 6.07) is 0. The van der Waals surface area contributed by atoms with Crippen LogP contribution in [0, 0.1) is 0 Å². The lowest BCUT2D eigenvalue weighted by Crippen LogP contribution is -2.48. The highest BCUT2D eigenvalue weighted by atomic mass is 16.2. The van der Waals surface area contributed by atoms with Crippen molar-refractivity contribution in [3.63, 3.8) is 0 Å². The first kappa shape index (κ1) is 18.2. The molecule has 0 unspecified atom stereocenters. The maximum atomic E-state index is 11.9. The fourth-order valence-corrected chi connectivity index (χ4v) is 2.60. The number of aryl methyl sites for hydroxylation is 1. The van der Waals surface area contributed by atoms with Crippen molar-refractivity contribution in [2.75, 3.05) is 13.1 Å². The fourth-order valence-electron chi connectivity index (χ4n) is 2.60. The van der Waals surface area contributed by atoms with Crippen molar-refractivity contribution in [3.8, 4) is 0 Å². The maximum absolute atomic E-state index is 11.9. The van der Waals surface area contributed by atoms with Crippen LogP contribution in [0.3, 0.4) is 0 Å². The Bertz CT molecular complexity index is 586. The first-order chi connectivity index (χ1) is 11.4. The zero-order valence-corrected chi connectivity index (χ0v) is 15.1. The lowest BCUT2D eigenvalue weighted by molar-refractivity contribution is -0.121. The molecule has 8 heteroatoms. The normalized spacial score (nSPS) is 14.9. The highest BCUT2D eigenvalue weighted by molar-refractivity contribution is 5.86. The second-order valence-electron chi connectivity index (χ2n) is 6.99. The molecule has 8 nitrogen and oxygen atoms in total. The molecule has 1 aliphatic rings. The second kappa shape index (κ2) is 8.12. The highest BCUT2D eigenvalue weighted by Crippen LogP contribution is 2.14. The van der Waals surface area contributed by atoms with Crippen LogP contribution in [0.5, 0.6) is 0 Å². The van der Waals surface area contributed by atoms with E-state index in [0.29, 0.717) is 12.5 Å². The van der Waals surface area contributed by atoms with Gasteiger partial charge in [-0.2, -0.15) is 0 Å². The number of nitrogens with zero attached hydrogens (tertiary/aromatic N) is 4. The number of guanidine groups is 1. The van der Waals surface area contributed by atoms with Crippen LogP contribution >= 0.6 is 0 Å². The quantitative estimate of drug-likeness (QED) is 0.540. The number of aromatic nitrogens is 3. The summed E-state index contributed by atoms with van der Waals surface area (Å²) in [5, 5.41) is 17.6. The Labute approximate surface area is 143 Å². The van der Waals surface area contributed by atoms with Gasteiger partial charge in [-0.1, -0.05) is 0 Å². The summed E-state index contributed by atoms with van der Waals surface area (Å²) in [7, 11) is 0. The van der Waals surface area contributed by atoms with E-state index in [9.17, 15) is 4.79 Å². The van der Waals surface area contributed by atoms with Gasteiger partial charge in [-0.3, -0.25) is 4.79 Å². The number of hydrogen-bond donors (Lipinski definition) is 3. The summed E-state index contributed by atoms with van der Waals surface area (Å²) in [6.07, 6.45) is 3.32. The van der Waals surface area contributed by atoms with Gasteiger partial charge in [-0.25, -0.2) is 4.99 Å². The van der Waals surface area contributed by atoms with E-state index in [1.54, 1.807) is 0 Å². The molecular formula is C16H29N7O. The number of fused-ring (bicyclic) bond motifs is 1. The molecule has 0 saturated heterocycles. The molecule has 1 aromatic heterocycles. The smallest absolute Gasteiger partial charge is 0.239 e. The maximum Gasteiger partial charge on any atom is 0.239 e. The molecule has 0 saturated carbocycles. The van der Waals surface area contributed by atoms with E-state index in [0.717, 1.165) is 37.6 Å². The Morgan fingerprint density at radius 2 is 2.04 bits per heavy atom. The van der Waals surface area contributed by atoms with Crippen molar-refractivity contribution >= 4 is 11.9 Å². The summed E-state index contributed by atoms with van der Waals surface area (Å²) in [6.45, 7) is 10.2. The van der Waals surface area contributed by atoms with Crippen LogP contribution in [0.1, 0.15) is 52.2 Å². The van der Waals surface area contributed by atoms with Gasteiger partial charge in [0.05, 0.1) is 6.54 Å². The van der Waals surface area contributed by atoms with E-state index in [-0.39, 0.29) is 18.0 Å². The SMILES string of the molecule is CCNC(=NCc1nnc2n1CCCC2)NCC(=O)NC(C)(C)C. The largest absolute Gasteiger partial charge is 0.357 e. The van der Waals surface area contributed by atoms with Crippen molar-refractivity contribution in [1.29, 1.82) is 0 Å². The molecule has 0 aliphatic carbocycles. The number of hydrogen-bond acceptors (Lipinski definition) is 4. The molecule has 0 atom stereocenters. The van der Waals surface area contributed by atoms with Crippen LogP contribution in [0.25, 0.3) is 0 Å². The van der Waals surface area contributed by atoms with E-state index in [4.69, 9.17) is 0 Å². The first-order valence-corrected chi connectivity index (χ1v) is 8.63. The van der Waals surface area contributed by atoms with Crippen molar-refractivity contribution < 1.29 is 4.79 Å². The number of amides is 1. The molecule has 24 heavy (non-hydrogen) atoms. The minimum absolute atomic E-state index is 0.0621. The molecule has 2 heterocycles. The third kappa shape index (κ3) is 5.50. The Hall–Kier alpha value is -2.12. The Balaban J connectivity index is 1.93. The zero-order valence-electron chi connectivity index (χ0n) is 15.1. The van der Waals surface area contributed by atoms with Crippen LogP contribution in [0.4, 0.5) is 0 Å². The van der Waals surface area contributed by atoms with E-state index < -0.39 is 0 Å². The lowest BCUT2D eigenvalue weighted by atomic mass is 10.1. The average molecular weight is 335 g/mol. The monoisotopic (exact) mass is 335 g/mol. The van der Waals surface area contributed by atoms with Gasteiger partial charge in [0.15, 0.2) is 11.8 Å². The van der Waals surface area contributed by atoms with Crippen LogP contribution in [0.2, 0.25) is 0 Å². The Morgan fingerprint density at radius 3 is 2.75 bits per heavy atom. The minimum atomic E-state index is -0.241. The summed E-state index contributed by atoms with van der Waals surface area (Å²) < 4.78 is 2.16. The summed E-state index contributed by atoms with van der Waals surface area (Å²) >= 11 is 0. The highest BCUT2D eigenvalue weighted by Gasteiger charge is 2.16. The van der Waals surface area contributed by atoms with Crippen LogP contribution in [0.15, 0.2) is 4.99 Å². The Kier molecular flexibility index (Phi) is 6.16. The van der Waals surface area contributed by atoms with Crippen molar-refractivity contribution in [2.24, 2.45) is 4.99 Å². The van der Waals surface area contributed by atoms with Gasteiger partial charge in [-0.05, 0) is 40.5 Å². The third-order valence-corrected chi connectivity index (χ3v) is 3.59. The van der Waals surface area contributed by atoms with E-state index in [1.165, 1.54) is 6.42 Å². The molecule has 0 spiro atoms. The average Bonchev–Trinajstić information content (AvgIpc) is 2.92. The molecule has 0 fully saturated rings. The molecule has 0 bridgehead atoms. The minimum Gasteiger partial charge on any atom is -0.357 e. The molecule has 1 aliphatic heterocycles. The number of rotatable bonds is 5. The van der Waals surface area contributed by atoms with Gasteiger partial charge in [0.2, 0.25) is 5.91 Å². The molecule has 134 valence electrons. The van der Waals surface area contributed by atoms with Gasteiger partial charge in [0.1, 0.15) is 12.4 Å². The van der Waals surface area contributed by atoms with Gasteiger partial charge in [0.25, 0.3) is 0 Å². The van der Waals surface area contributed by atoms with E-state index in [1.807, 2.05) is 27.7 Å². The third-order valence-electron chi connectivity index (χ3n) is 3.59. The van der Waals surface area contributed by atoms with Gasteiger partial charge in [0, 0.05) is 25.0 Å². The molecular weight excluding hydrogens is 306 g/mol. The fraction of sp³-hybridized carbons (Fsp3) is 0.750. The topological polar surface area (TPSA) is 96.2 Å². The second-order valence-corrected chi connectivity index (χ2v) is 6.99. The van der Waals surface area contributed by atoms with Crippen molar-refractivity contribution in [2.45, 2.75) is 65.6 Å². The molecule has 0 radical (unpaired) electrons. The molecule has 1 aromatic rings. The van der Waals surface area contributed by atoms with Crippen LogP contribution in [-0.4, -0.2) is 45.3 Å². The molecule has 1 amide bonds. The van der Waals surface area contributed by atoms with Crippen molar-refractivity contribution in [3.05, 3.63) is 11.6 Å². The summed E-state index contributed by atoms with van der Waals surface area (Å²) in [4.78, 5) is 16.4. The molecule has 0 aromatic carbocycles. The van der Waals surface area contributed by atoms with Gasteiger partial charge < -0.3 is 20.5 Å². The number of carbonyl (C=O) groups excluding carboxylic acids is 1. The molecule has 3 N–H and O–H groups in total. The first-order valence-electron chi connectivity index (χ1n) is 8.63. The standard InChI is InChI=1S/C16H29N7O/c1-5-17-15(19-11-14(24)20-16(2,3)4)18-10-13-22-21-12-8-6-7-9-23(12)13/h5-11H2,1-4H3,(H,20,24)(H2,17,18,19). The van der Waals surface area contributed by atoms with Gasteiger partial charge >= 0.3 is 0 Å². The predicted molar refractivity (Wildman–Crippen MR) is 93.7 cm³/mol. The van der Waals surface area contributed by atoms with Gasteiger partial charge in [-0.15, -0.1) is 10.2 Å². The number of aliphatic imine (C=N–C) groups is 1. The lowest BCUT2D eigenvalue weighted by Gasteiger charge is -2.21. The van der Waals surface area contributed by atoms with Crippen molar-refractivity contribution in [1.82, 2.24) is 30.7 Å². The van der Waals surface area contributed by atoms with E-state index in [2.05, 4.69) is 35.7 Å². The predicted octanol–water partition coefficient (Wildman–Crippen LogP) is 0.584. The zero-order chi connectivity index (χ0) is 17.6. The number of carbonyl (C=O) groups is 1. The van der Waals surface area contributed by atoms with E-state index >= 15 is 0 Å². The van der Waals surface area contributed by atoms with Crippen LogP contribution in [-0.2, 0) is 24.3 Å². The summed E-state index contributed by atoms with van der Waals surface area (Å²) in [5.41, 5.74) is -0.241.